The molecule has 0 aromatic carbocycles. The highest BCUT2D eigenvalue weighted by Crippen LogP contribution is 2.05. The van der Waals surface area contributed by atoms with Gasteiger partial charge in [0.05, 0.1) is 10.9 Å². The van der Waals surface area contributed by atoms with E-state index in [1.54, 1.807) is 0 Å². The summed E-state index contributed by atoms with van der Waals surface area (Å²) in [5.74, 6) is 0. The predicted molar refractivity (Wildman–Crippen MR) is 42.9 cm³/mol. The van der Waals surface area contributed by atoms with Crippen LogP contribution in [0.15, 0.2) is 36.8 Å². The Morgan fingerprint density at radius 1 is 1.33 bits per heavy atom. The highest BCUT2D eigenvalue weighted by Gasteiger charge is 1.96. The van der Waals surface area contributed by atoms with E-state index in [0.717, 1.165) is 5.52 Å². The quantitative estimate of drug-likeness (QED) is 0.403. The van der Waals surface area contributed by atoms with Crippen molar-refractivity contribution >= 4 is 10.9 Å². The van der Waals surface area contributed by atoms with Crippen LogP contribution < -0.4 is 28.5 Å². The Hall–Kier alpha value is -0.710. The van der Waals surface area contributed by atoms with Gasteiger partial charge in [-0.2, -0.15) is 0 Å². The molecule has 2 aromatic heterocycles. The summed E-state index contributed by atoms with van der Waals surface area (Å²) in [5.41, 5.74) is 1.05. The van der Waals surface area contributed by atoms with E-state index in [4.69, 9.17) is 0 Å². The van der Waals surface area contributed by atoms with Gasteiger partial charge in [-0.05, 0) is 12.1 Å². The van der Waals surface area contributed by atoms with Crippen molar-refractivity contribution in [3.05, 3.63) is 36.8 Å². The third kappa shape index (κ3) is 1.72. The summed E-state index contributed by atoms with van der Waals surface area (Å²) in [5, 5.41) is 1.18. The summed E-state index contributed by atoms with van der Waals surface area (Å²) in [6, 6.07) is 6.01. The fourth-order valence-corrected chi connectivity index (χ4v) is 1.13. The SMILES string of the molecule is C[n+]1ccc2ncccc2c1.[I-]. The van der Waals surface area contributed by atoms with Crippen molar-refractivity contribution < 1.29 is 28.5 Å². The molecule has 0 unspecified atom stereocenters. The number of pyridine rings is 2. The number of aryl methyl sites for hydroxylation is 1. The van der Waals surface area contributed by atoms with Crippen molar-refractivity contribution in [3.8, 4) is 0 Å². The number of hydrogen-bond donors (Lipinski definition) is 0. The first-order valence-electron chi connectivity index (χ1n) is 3.56. The number of aromatic nitrogens is 2. The van der Waals surface area contributed by atoms with Gasteiger partial charge in [0.1, 0.15) is 7.05 Å². The summed E-state index contributed by atoms with van der Waals surface area (Å²) in [6.45, 7) is 0. The topological polar surface area (TPSA) is 16.8 Å². The van der Waals surface area contributed by atoms with Crippen LogP contribution >= 0.6 is 0 Å². The lowest BCUT2D eigenvalue weighted by molar-refractivity contribution is -0.670. The Morgan fingerprint density at radius 2 is 2.17 bits per heavy atom. The van der Waals surface area contributed by atoms with Gasteiger partial charge in [0.15, 0.2) is 12.4 Å². The monoisotopic (exact) mass is 272 g/mol. The normalized spacial score (nSPS) is 9.42. The Kier molecular flexibility index (Phi) is 2.97. The Morgan fingerprint density at radius 3 is 3.00 bits per heavy atom. The standard InChI is InChI=1S/C9H9N2.HI/c1-11-6-4-9-8(7-11)3-2-5-10-9;/h2-7H,1H3;1H/q+1;/p-1. The van der Waals surface area contributed by atoms with Crippen LogP contribution in [0.3, 0.4) is 0 Å². The fraction of sp³-hybridized carbons (Fsp3) is 0.111. The molecule has 0 amide bonds. The number of nitrogens with zero attached hydrogens (tertiary/aromatic N) is 2. The maximum Gasteiger partial charge on any atom is 0.177 e. The average Bonchev–Trinajstić information content (AvgIpc) is 2.04. The lowest BCUT2D eigenvalue weighted by Gasteiger charge is -1.91. The average molecular weight is 272 g/mol. The highest BCUT2D eigenvalue weighted by molar-refractivity contribution is 5.75. The third-order valence-corrected chi connectivity index (χ3v) is 1.68. The highest BCUT2D eigenvalue weighted by atomic mass is 127. The van der Waals surface area contributed by atoms with Crippen molar-refractivity contribution in [2.45, 2.75) is 0 Å². The Balaban J connectivity index is 0.000000720. The molecule has 0 spiro atoms. The maximum absolute atomic E-state index is 4.21. The van der Waals surface area contributed by atoms with Gasteiger partial charge in [0.25, 0.3) is 0 Å². The molecule has 2 aromatic rings. The van der Waals surface area contributed by atoms with Crippen molar-refractivity contribution in [1.29, 1.82) is 0 Å². The molecule has 2 heterocycles. The van der Waals surface area contributed by atoms with E-state index >= 15 is 0 Å². The molecule has 2 nitrogen and oxygen atoms in total. The molecule has 12 heavy (non-hydrogen) atoms. The first-order chi connectivity index (χ1) is 5.36. The molecule has 0 aliphatic rings. The van der Waals surface area contributed by atoms with Crippen LogP contribution in [0.4, 0.5) is 0 Å². The smallest absolute Gasteiger partial charge is 0.177 e. The zero-order chi connectivity index (χ0) is 7.68. The molecule has 0 saturated heterocycles. The van der Waals surface area contributed by atoms with Crippen LogP contribution in [0.2, 0.25) is 0 Å². The molecule has 0 aliphatic heterocycles. The van der Waals surface area contributed by atoms with Crippen LogP contribution in [0.5, 0.6) is 0 Å². The number of halogens is 1. The molecule has 62 valence electrons. The molecule has 0 fully saturated rings. The van der Waals surface area contributed by atoms with Gasteiger partial charge in [-0.15, -0.1) is 0 Å². The van der Waals surface area contributed by atoms with Crippen molar-refractivity contribution in [2.24, 2.45) is 7.05 Å². The molecule has 0 saturated carbocycles. The van der Waals surface area contributed by atoms with E-state index in [1.807, 2.05) is 36.1 Å². The van der Waals surface area contributed by atoms with Crippen molar-refractivity contribution in [2.75, 3.05) is 0 Å². The number of fused-ring (bicyclic) bond motifs is 1. The molecule has 3 heteroatoms. The van der Waals surface area contributed by atoms with Gasteiger partial charge in [-0.25, -0.2) is 4.57 Å². The predicted octanol–water partition coefficient (Wildman–Crippen LogP) is -1.94. The third-order valence-electron chi connectivity index (χ3n) is 1.68. The zero-order valence-corrected chi connectivity index (χ0v) is 8.89. The summed E-state index contributed by atoms with van der Waals surface area (Å²) < 4.78 is 2.02. The molecule has 0 radical (unpaired) electrons. The second kappa shape index (κ2) is 3.80. The molecule has 0 atom stereocenters. The number of hydrogen-bond acceptors (Lipinski definition) is 1. The fourth-order valence-electron chi connectivity index (χ4n) is 1.13. The minimum Gasteiger partial charge on any atom is -1.00 e. The van der Waals surface area contributed by atoms with Gasteiger partial charge < -0.3 is 24.0 Å². The van der Waals surface area contributed by atoms with Crippen molar-refractivity contribution in [3.63, 3.8) is 0 Å². The lowest BCUT2D eigenvalue weighted by Crippen LogP contribution is -3.00. The maximum atomic E-state index is 4.21. The van der Waals surface area contributed by atoms with E-state index in [-0.39, 0.29) is 24.0 Å². The van der Waals surface area contributed by atoms with E-state index in [1.165, 1.54) is 5.39 Å². The lowest BCUT2D eigenvalue weighted by atomic mass is 10.3. The summed E-state index contributed by atoms with van der Waals surface area (Å²) in [4.78, 5) is 4.21. The minimum absolute atomic E-state index is 0. The Labute approximate surface area is 88.3 Å². The van der Waals surface area contributed by atoms with Gasteiger partial charge in [-0.1, -0.05) is 0 Å². The van der Waals surface area contributed by atoms with Crippen LogP contribution in [0, 0.1) is 0 Å². The minimum atomic E-state index is 0. The van der Waals surface area contributed by atoms with E-state index in [0.29, 0.717) is 0 Å². The van der Waals surface area contributed by atoms with Crippen LogP contribution in [0.1, 0.15) is 0 Å². The molecule has 2 rings (SSSR count). The first kappa shape index (κ1) is 9.38. The van der Waals surface area contributed by atoms with Crippen molar-refractivity contribution in [1.82, 2.24) is 4.98 Å². The molecule has 0 aliphatic carbocycles. The van der Waals surface area contributed by atoms with E-state index in [2.05, 4.69) is 17.2 Å². The van der Waals surface area contributed by atoms with Gasteiger partial charge in [0, 0.05) is 12.3 Å². The van der Waals surface area contributed by atoms with E-state index in [9.17, 15) is 0 Å². The number of rotatable bonds is 0. The van der Waals surface area contributed by atoms with Crippen LogP contribution in [-0.4, -0.2) is 4.98 Å². The Bertz CT molecular complexity index is 387. The largest absolute Gasteiger partial charge is 1.00 e. The summed E-state index contributed by atoms with van der Waals surface area (Å²) >= 11 is 0. The van der Waals surface area contributed by atoms with E-state index < -0.39 is 0 Å². The molecular weight excluding hydrogens is 263 g/mol. The first-order valence-corrected chi connectivity index (χ1v) is 3.56. The zero-order valence-electron chi connectivity index (χ0n) is 6.74. The van der Waals surface area contributed by atoms with Gasteiger partial charge >= 0.3 is 0 Å². The summed E-state index contributed by atoms with van der Waals surface area (Å²) in [7, 11) is 2.01. The summed E-state index contributed by atoms with van der Waals surface area (Å²) in [6.07, 6.45) is 5.86. The van der Waals surface area contributed by atoms with Gasteiger partial charge in [-0.3, -0.25) is 4.98 Å². The van der Waals surface area contributed by atoms with Crippen LogP contribution in [0.25, 0.3) is 10.9 Å². The molecule has 0 bridgehead atoms. The van der Waals surface area contributed by atoms with Gasteiger partial charge in [0.2, 0.25) is 0 Å². The second-order valence-corrected chi connectivity index (χ2v) is 2.59. The molecular formula is C9H9IN2. The van der Waals surface area contributed by atoms with Crippen LogP contribution in [-0.2, 0) is 7.05 Å². The molecule has 0 N–H and O–H groups in total. The second-order valence-electron chi connectivity index (χ2n) is 2.59.